The van der Waals surface area contributed by atoms with Gasteiger partial charge < -0.3 is 19.4 Å². The average molecular weight is 446 g/mol. The molecule has 4 rings (SSSR count). The van der Waals surface area contributed by atoms with Crippen LogP contribution in [-0.4, -0.2) is 29.6 Å². The van der Waals surface area contributed by atoms with E-state index in [4.69, 9.17) is 14.5 Å². The van der Waals surface area contributed by atoms with Crippen LogP contribution in [0.2, 0.25) is 0 Å². The number of unbranched alkanes of at least 4 members (excludes halogenated alkanes) is 1. The third-order valence-electron chi connectivity index (χ3n) is 5.65. The number of nitrogens with zero attached hydrogens (tertiary/aromatic N) is 2. The van der Waals surface area contributed by atoms with Crippen molar-refractivity contribution in [3.8, 4) is 22.9 Å². The third-order valence-corrected chi connectivity index (χ3v) is 5.65. The first-order valence-electron chi connectivity index (χ1n) is 10.9. The first-order chi connectivity index (χ1) is 16.0. The van der Waals surface area contributed by atoms with Crippen LogP contribution in [0.4, 0.5) is 11.4 Å². The number of hydrogen-bond donors (Lipinski definition) is 1. The van der Waals surface area contributed by atoms with Gasteiger partial charge in [-0.3, -0.25) is 9.59 Å². The van der Waals surface area contributed by atoms with E-state index in [-0.39, 0.29) is 16.8 Å². The van der Waals surface area contributed by atoms with E-state index in [1.54, 1.807) is 20.3 Å². The third kappa shape index (κ3) is 4.14. The maximum Gasteiger partial charge on any atom is 0.215 e. The Morgan fingerprint density at radius 3 is 2.39 bits per heavy atom. The quantitative estimate of drug-likeness (QED) is 0.294. The van der Waals surface area contributed by atoms with Crippen LogP contribution in [0, 0.1) is 0 Å². The second kappa shape index (κ2) is 9.32. The van der Waals surface area contributed by atoms with Crippen molar-refractivity contribution in [1.82, 2.24) is 9.55 Å². The minimum absolute atomic E-state index is 0.131. The molecule has 0 spiro atoms. The van der Waals surface area contributed by atoms with E-state index < -0.39 is 0 Å². The molecule has 1 aliphatic carbocycles. The number of carbonyl (C=O) groups excluding carboxylic acids is 1. The number of hydrogen-bond acceptors (Lipinski definition) is 6. The largest absolute Gasteiger partial charge is 0.493 e. The number of ether oxygens (including phenoxy) is 2. The highest BCUT2D eigenvalue weighted by molar-refractivity contribution is 6.02. The fourth-order valence-corrected chi connectivity index (χ4v) is 4.06. The lowest BCUT2D eigenvalue weighted by Crippen LogP contribution is -2.23. The number of anilines is 2. The van der Waals surface area contributed by atoms with Gasteiger partial charge in [-0.1, -0.05) is 31.5 Å². The molecule has 2 aromatic carbocycles. The maximum absolute atomic E-state index is 13.4. The molecule has 1 N–H and O–H groups in total. The van der Waals surface area contributed by atoms with Crippen molar-refractivity contribution in [2.24, 2.45) is 0 Å². The molecule has 0 unspecified atom stereocenters. The Morgan fingerprint density at radius 2 is 1.76 bits per heavy atom. The number of benzene rings is 3. The molecule has 0 bridgehead atoms. The molecular weight excluding hydrogens is 418 g/mol. The van der Waals surface area contributed by atoms with Crippen molar-refractivity contribution < 1.29 is 14.3 Å². The van der Waals surface area contributed by atoms with Crippen LogP contribution in [-0.2, 0) is 6.54 Å². The SMILES string of the molecule is CCCCn1c2c(C(C)=O)c(=O)c(Nc3ccccc3)cc-2nc2cc(OC)c(OC)cc21. The molecular formula is C26H27N3O4. The number of Topliss-reactive ketones (excluding diaryl/α,β-unsaturated/α-hetero) is 1. The summed E-state index contributed by atoms with van der Waals surface area (Å²) in [6.45, 7) is 4.15. The van der Waals surface area contributed by atoms with Gasteiger partial charge in [0, 0.05) is 24.4 Å². The molecule has 1 heterocycles. The predicted octanol–water partition coefficient (Wildman–Crippen LogP) is 5.26. The Kier molecular flexibility index (Phi) is 6.31. The molecule has 7 nitrogen and oxygen atoms in total. The van der Waals surface area contributed by atoms with Crippen molar-refractivity contribution >= 4 is 28.2 Å². The van der Waals surface area contributed by atoms with Crippen molar-refractivity contribution in [2.45, 2.75) is 33.2 Å². The smallest absolute Gasteiger partial charge is 0.215 e. The van der Waals surface area contributed by atoms with Crippen molar-refractivity contribution in [2.75, 3.05) is 19.5 Å². The van der Waals surface area contributed by atoms with Crippen LogP contribution in [0.1, 0.15) is 37.0 Å². The molecule has 170 valence electrons. The van der Waals surface area contributed by atoms with Gasteiger partial charge in [0.2, 0.25) is 5.43 Å². The maximum atomic E-state index is 13.4. The second-order valence-electron chi connectivity index (χ2n) is 7.86. The highest BCUT2D eigenvalue weighted by Crippen LogP contribution is 2.36. The van der Waals surface area contributed by atoms with Crippen LogP contribution < -0.4 is 20.2 Å². The molecule has 0 aromatic heterocycles. The molecule has 0 atom stereocenters. The standard InChI is InChI=1S/C26H27N3O4/c1-5-6-12-29-21-15-23(33-4)22(32-3)14-18(21)28-19-13-20(27-17-10-8-7-9-11-17)26(31)24(16(2)30)25(19)29/h7-11,13-15,27H,5-6,12H2,1-4H3. The first kappa shape index (κ1) is 22.3. The minimum atomic E-state index is -0.342. The molecule has 0 saturated carbocycles. The fraction of sp³-hybridized carbons (Fsp3) is 0.269. The van der Waals surface area contributed by atoms with E-state index in [0.29, 0.717) is 40.6 Å². The summed E-state index contributed by atoms with van der Waals surface area (Å²) in [5.41, 5.74) is 3.43. The monoisotopic (exact) mass is 445 g/mol. The summed E-state index contributed by atoms with van der Waals surface area (Å²) in [6, 6.07) is 14.8. The van der Waals surface area contributed by atoms with Gasteiger partial charge in [0.1, 0.15) is 0 Å². The number of methoxy groups -OCH3 is 2. The Hall–Kier alpha value is -3.87. The van der Waals surface area contributed by atoms with Gasteiger partial charge in [0.15, 0.2) is 17.3 Å². The molecule has 0 radical (unpaired) electrons. The zero-order valence-corrected chi connectivity index (χ0v) is 19.3. The molecule has 7 heteroatoms. The molecule has 1 aliphatic heterocycles. The Balaban J connectivity index is 2.08. The van der Waals surface area contributed by atoms with Gasteiger partial charge in [-0.15, -0.1) is 0 Å². The summed E-state index contributed by atoms with van der Waals surface area (Å²) in [5.74, 6) is 0.827. The van der Waals surface area contributed by atoms with E-state index in [1.807, 2.05) is 47.0 Å². The predicted molar refractivity (Wildman–Crippen MR) is 130 cm³/mol. The van der Waals surface area contributed by atoms with Gasteiger partial charge in [-0.25, -0.2) is 4.98 Å². The number of rotatable bonds is 8. The van der Waals surface area contributed by atoms with Crippen molar-refractivity contribution in [3.63, 3.8) is 0 Å². The molecule has 0 fully saturated rings. The van der Waals surface area contributed by atoms with E-state index in [0.717, 1.165) is 24.0 Å². The number of fused-ring (bicyclic) bond motifs is 2. The molecule has 2 aliphatic rings. The molecule has 0 saturated heterocycles. The number of ketones is 1. The van der Waals surface area contributed by atoms with E-state index in [2.05, 4.69) is 12.2 Å². The average Bonchev–Trinajstić information content (AvgIpc) is 2.82. The first-order valence-corrected chi connectivity index (χ1v) is 10.9. The van der Waals surface area contributed by atoms with E-state index >= 15 is 0 Å². The number of carbonyl (C=O) groups is 1. The van der Waals surface area contributed by atoms with Crippen molar-refractivity contribution in [3.05, 3.63) is 64.3 Å². The van der Waals surface area contributed by atoms with Gasteiger partial charge >= 0.3 is 0 Å². The number of aromatic nitrogens is 2. The van der Waals surface area contributed by atoms with Gasteiger partial charge in [-0.2, -0.15) is 0 Å². The van der Waals surface area contributed by atoms with Crippen LogP contribution in [0.15, 0.2) is 53.3 Å². The summed E-state index contributed by atoms with van der Waals surface area (Å²) in [5, 5.41) is 3.15. The highest BCUT2D eigenvalue weighted by Gasteiger charge is 2.25. The van der Waals surface area contributed by atoms with Crippen molar-refractivity contribution in [1.29, 1.82) is 0 Å². The zero-order chi connectivity index (χ0) is 23.5. The Morgan fingerprint density at radius 1 is 1.06 bits per heavy atom. The van der Waals surface area contributed by atoms with Crippen LogP contribution in [0.3, 0.4) is 0 Å². The highest BCUT2D eigenvalue weighted by atomic mass is 16.5. The summed E-state index contributed by atoms with van der Waals surface area (Å²) >= 11 is 0. The normalized spacial score (nSPS) is 11.0. The van der Waals surface area contributed by atoms with Crippen LogP contribution >= 0.6 is 0 Å². The van der Waals surface area contributed by atoms with E-state index in [9.17, 15) is 9.59 Å². The Labute approximate surface area is 192 Å². The van der Waals surface area contributed by atoms with E-state index in [1.165, 1.54) is 6.92 Å². The Bertz CT molecular complexity index is 1350. The number of para-hydroxylation sites is 1. The number of aryl methyl sites for hydroxylation is 1. The lowest BCUT2D eigenvalue weighted by Gasteiger charge is -2.22. The molecule has 2 aromatic rings. The minimum Gasteiger partial charge on any atom is -0.493 e. The molecule has 0 amide bonds. The summed E-state index contributed by atoms with van der Waals surface area (Å²) in [6.07, 6.45) is 1.83. The van der Waals surface area contributed by atoms with Gasteiger partial charge in [0.05, 0.1) is 47.9 Å². The summed E-state index contributed by atoms with van der Waals surface area (Å²) < 4.78 is 13.0. The van der Waals surface area contributed by atoms with Gasteiger partial charge in [0.25, 0.3) is 0 Å². The fourth-order valence-electron chi connectivity index (χ4n) is 4.06. The lowest BCUT2D eigenvalue weighted by molar-refractivity contribution is 0.101. The second-order valence-corrected chi connectivity index (χ2v) is 7.86. The van der Waals surface area contributed by atoms with Crippen LogP contribution in [0.5, 0.6) is 11.5 Å². The zero-order valence-electron chi connectivity index (χ0n) is 19.3. The summed E-state index contributed by atoms with van der Waals surface area (Å²) in [4.78, 5) is 31.0. The van der Waals surface area contributed by atoms with Crippen LogP contribution in [0.25, 0.3) is 22.4 Å². The molecule has 33 heavy (non-hydrogen) atoms. The number of nitrogens with one attached hydrogen (secondary N) is 1. The van der Waals surface area contributed by atoms with Gasteiger partial charge in [-0.05, 0) is 31.5 Å². The topological polar surface area (TPSA) is 82.5 Å². The summed E-state index contributed by atoms with van der Waals surface area (Å²) in [7, 11) is 3.15. The lowest BCUT2D eigenvalue weighted by atomic mass is 10.0.